The number of aromatic nitrogens is 3. The molecule has 4 aromatic rings. The normalized spacial score (nSPS) is 12.1. The van der Waals surface area contributed by atoms with Gasteiger partial charge in [0, 0.05) is 30.5 Å². The topological polar surface area (TPSA) is 106 Å². The molecule has 1 atom stereocenters. The van der Waals surface area contributed by atoms with Crippen molar-refractivity contribution in [3.63, 3.8) is 0 Å². The molecule has 4 rings (SSSR count). The molecule has 0 saturated carbocycles. The van der Waals surface area contributed by atoms with Gasteiger partial charge in [0.1, 0.15) is 5.52 Å². The largest absolute Gasteiger partial charge is 0.481 e. The van der Waals surface area contributed by atoms with E-state index in [1.54, 1.807) is 4.68 Å². The van der Waals surface area contributed by atoms with Crippen molar-refractivity contribution in [3.8, 4) is 0 Å². The summed E-state index contributed by atoms with van der Waals surface area (Å²) in [7, 11) is 3.97. The maximum atomic E-state index is 11.9. The van der Waals surface area contributed by atoms with Crippen molar-refractivity contribution in [2.24, 2.45) is 7.05 Å². The summed E-state index contributed by atoms with van der Waals surface area (Å²) in [5.74, 6) is -1.09. The lowest BCUT2D eigenvalue weighted by Crippen LogP contribution is -2.18. The number of benzene rings is 3. The molecule has 0 fully saturated rings. The van der Waals surface area contributed by atoms with Crippen LogP contribution >= 0.6 is 15.9 Å². The summed E-state index contributed by atoms with van der Waals surface area (Å²) in [6, 6.07) is 18.7. The summed E-state index contributed by atoms with van der Waals surface area (Å²) < 4.78 is 2.81. The zero-order chi connectivity index (χ0) is 24.4. The first-order valence-electron chi connectivity index (χ1n) is 11.3. The van der Waals surface area contributed by atoms with Crippen molar-refractivity contribution in [1.82, 2.24) is 26.0 Å². The maximum absolute atomic E-state index is 11.9. The molecule has 1 unspecified atom stereocenters. The van der Waals surface area contributed by atoms with Crippen LogP contribution in [0.1, 0.15) is 45.7 Å². The molecule has 0 saturated heterocycles. The number of carboxylic acids is 1. The predicted molar refractivity (Wildman–Crippen MR) is 143 cm³/mol. The fraction of sp³-hybridized carbons (Fsp3) is 0.296. The summed E-state index contributed by atoms with van der Waals surface area (Å²) >= 11 is 3.54. The summed E-state index contributed by atoms with van der Waals surface area (Å²) in [6.45, 7) is 5.70. The second-order valence-electron chi connectivity index (χ2n) is 9.00. The highest BCUT2D eigenvalue weighted by molar-refractivity contribution is 9.10. The highest BCUT2D eigenvalue weighted by Crippen LogP contribution is 2.34. The van der Waals surface area contributed by atoms with Crippen molar-refractivity contribution in [1.29, 1.82) is 0 Å². The van der Waals surface area contributed by atoms with Crippen LogP contribution in [0.5, 0.6) is 0 Å². The lowest BCUT2D eigenvalue weighted by molar-refractivity contribution is -0.137. The van der Waals surface area contributed by atoms with Crippen LogP contribution in [-0.2, 0) is 24.9 Å². The fourth-order valence-corrected chi connectivity index (χ4v) is 5.03. The SMILES string of the molecule is Cc1ccc(C(CC(=O)O)c2ccc3c(nnn3C)c2C)cc1CN(C)Cc1cccc(Br)c1.N. The number of rotatable bonds is 8. The number of carboxylic acid groups (broad SMARTS) is 1. The van der Waals surface area contributed by atoms with Crippen molar-refractivity contribution in [2.75, 3.05) is 7.05 Å². The van der Waals surface area contributed by atoms with Gasteiger partial charge in [0.25, 0.3) is 0 Å². The van der Waals surface area contributed by atoms with E-state index in [1.807, 2.05) is 38.2 Å². The maximum Gasteiger partial charge on any atom is 0.304 e. The number of carbonyl (C=O) groups is 1. The first kappa shape index (κ1) is 26.5. The number of aryl methyl sites for hydroxylation is 3. The van der Waals surface area contributed by atoms with Gasteiger partial charge in [0.05, 0.1) is 11.9 Å². The molecular weight excluding hydrogens is 506 g/mol. The molecule has 1 heterocycles. The minimum absolute atomic E-state index is 0. The van der Waals surface area contributed by atoms with Crippen LogP contribution in [0.15, 0.2) is 59.1 Å². The van der Waals surface area contributed by atoms with Gasteiger partial charge in [-0.25, -0.2) is 4.68 Å². The van der Waals surface area contributed by atoms with Gasteiger partial charge in [-0.15, -0.1) is 5.10 Å². The summed E-state index contributed by atoms with van der Waals surface area (Å²) in [5.41, 5.74) is 8.35. The number of nitrogens with zero attached hydrogens (tertiary/aromatic N) is 4. The van der Waals surface area contributed by atoms with Crippen LogP contribution in [0, 0.1) is 13.8 Å². The molecule has 1 aromatic heterocycles. The lowest BCUT2D eigenvalue weighted by Gasteiger charge is -2.22. The number of hydrogen-bond donors (Lipinski definition) is 2. The van der Waals surface area contributed by atoms with E-state index >= 15 is 0 Å². The van der Waals surface area contributed by atoms with Gasteiger partial charge >= 0.3 is 5.97 Å². The van der Waals surface area contributed by atoms with Crippen molar-refractivity contribution in [2.45, 2.75) is 39.3 Å². The van der Waals surface area contributed by atoms with Gasteiger partial charge in [-0.2, -0.15) is 0 Å². The average molecular weight is 538 g/mol. The van der Waals surface area contributed by atoms with Gasteiger partial charge in [-0.05, 0) is 72.5 Å². The standard InChI is InChI=1S/C27H29BrN4O2.H3N/c1-17-8-9-20(13-21(17)16-31(3)15-19-6-5-7-22(28)12-19)24(14-26(33)34)23-10-11-25-27(18(23)2)29-30-32(25)4;/h5-13,24H,14-16H2,1-4H3,(H,33,34);1H3. The third kappa shape index (κ3) is 5.96. The third-order valence-electron chi connectivity index (χ3n) is 6.39. The van der Waals surface area contributed by atoms with E-state index in [1.165, 1.54) is 16.7 Å². The van der Waals surface area contributed by atoms with Crippen LogP contribution in [0.2, 0.25) is 0 Å². The van der Waals surface area contributed by atoms with E-state index in [4.69, 9.17) is 0 Å². The molecular formula is C27H32BrN5O2. The Kier molecular flexibility index (Phi) is 8.43. The number of aliphatic carboxylic acids is 1. The Bertz CT molecular complexity index is 1350. The predicted octanol–water partition coefficient (Wildman–Crippen LogP) is 5.75. The molecule has 0 aliphatic heterocycles. The van der Waals surface area contributed by atoms with Crippen LogP contribution in [0.25, 0.3) is 11.0 Å². The summed E-state index contributed by atoms with van der Waals surface area (Å²) in [6.07, 6.45) is 0.0169. The Labute approximate surface area is 214 Å². The first-order valence-corrected chi connectivity index (χ1v) is 12.1. The third-order valence-corrected chi connectivity index (χ3v) is 6.88. The zero-order valence-electron chi connectivity index (χ0n) is 20.6. The molecule has 0 amide bonds. The fourth-order valence-electron chi connectivity index (χ4n) is 4.58. The number of halogens is 1. The highest BCUT2D eigenvalue weighted by atomic mass is 79.9. The van der Waals surface area contributed by atoms with Gasteiger partial charge in [0.15, 0.2) is 0 Å². The van der Waals surface area contributed by atoms with Crippen molar-refractivity contribution < 1.29 is 9.90 Å². The second-order valence-corrected chi connectivity index (χ2v) is 9.91. The van der Waals surface area contributed by atoms with Gasteiger partial charge in [-0.1, -0.05) is 57.5 Å². The molecule has 7 nitrogen and oxygen atoms in total. The Morgan fingerprint density at radius 1 is 1.11 bits per heavy atom. The highest BCUT2D eigenvalue weighted by Gasteiger charge is 2.23. The molecule has 8 heteroatoms. The molecule has 0 radical (unpaired) electrons. The molecule has 0 bridgehead atoms. The van der Waals surface area contributed by atoms with Gasteiger partial charge in [0.2, 0.25) is 0 Å². The first-order chi connectivity index (χ1) is 16.2. The molecule has 184 valence electrons. The molecule has 0 spiro atoms. The van der Waals surface area contributed by atoms with Crippen LogP contribution in [-0.4, -0.2) is 38.0 Å². The number of fused-ring (bicyclic) bond motifs is 1. The minimum Gasteiger partial charge on any atom is -0.481 e. The minimum atomic E-state index is -0.822. The second kappa shape index (κ2) is 11.1. The van der Waals surface area contributed by atoms with Crippen molar-refractivity contribution in [3.05, 3.63) is 92.5 Å². The zero-order valence-corrected chi connectivity index (χ0v) is 22.2. The smallest absolute Gasteiger partial charge is 0.304 e. The molecule has 0 aliphatic rings. The summed E-state index contributed by atoms with van der Waals surface area (Å²) in [4.78, 5) is 14.1. The Morgan fingerprint density at radius 2 is 1.89 bits per heavy atom. The Balaban J connectivity index is 0.00000342. The summed E-state index contributed by atoms with van der Waals surface area (Å²) in [5, 5.41) is 18.2. The average Bonchev–Trinajstić information content (AvgIpc) is 3.16. The quantitative estimate of drug-likeness (QED) is 0.296. The van der Waals surface area contributed by atoms with E-state index in [2.05, 4.69) is 75.4 Å². The molecule has 0 aliphatic carbocycles. The molecule has 35 heavy (non-hydrogen) atoms. The van der Waals surface area contributed by atoms with E-state index in [0.717, 1.165) is 45.3 Å². The van der Waals surface area contributed by atoms with Crippen LogP contribution in [0.3, 0.4) is 0 Å². The van der Waals surface area contributed by atoms with Crippen LogP contribution < -0.4 is 6.15 Å². The van der Waals surface area contributed by atoms with E-state index in [0.29, 0.717) is 0 Å². The Morgan fingerprint density at radius 3 is 2.60 bits per heavy atom. The van der Waals surface area contributed by atoms with Gasteiger partial charge in [-0.3, -0.25) is 9.69 Å². The number of hydrogen-bond acceptors (Lipinski definition) is 5. The Hall–Kier alpha value is -3.07. The monoisotopic (exact) mass is 537 g/mol. The van der Waals surface area contributed by atoms with Crippen molar-refractivity contribution >= 4 is 32.9 Å². The molecule has 3 aromatic carbocycles. The van der Waals surface area contributed by atoms with Crippen LogP contribution in [0.4, 0.5) is 0 Å². The van der Waals surface area contributed by atoms with E-state index < -0.39 is 5.97 Å². The lowest BCUT2D eigenvalue weighted by atomic mass is 9.84. The van der Waals surface area contributed by atoms with Gasteiger partial charge < -0.3 is 11.3 Å². The molecule has 4 N–H and O–H groups in total. The van der Waals surface area contributed by atoms with E-state index in [-0.39, 0.29) is 18.5 Å². The van der Waals surface area contributed by atoms with E-state index in [9.17, 15) is 9.90 Å².